The Morgan fingerprint density at radius 1 is 1.02 bits per heavy atom. The van der Waals surface area contributed by atoms with Gasteiger partial charge in [0.05, 0.1) is 25.3 Å². The maximum atomic E-state index is 13.7. The highest BCUT2D eigenvalue weighted by Crippen LogP contribution is 2.47. The molecule has 0 unspecified atom stereocenters. The van der Waals surface area contributed by atoms with Crippen LogP contribution in [0.2, 0.25) is 5.02 Å². The number of aromatic nitrogens is 7. The molecule has 1 aliphatic rings. The van der Waals surface area contributed by atoms with Crippen molar-refractivity contribution in [2.45, 2.75) is 63.4 Å². The van der Waals surface area contributed by atoms with Crippen molar-refractivity contribution in [3.8, 4) is 17.4 Å². The predicted molar refractivity (Wildman–Crippen MR) is 140 cm³/mol. The lowest BCUT2D eigenvalue weighted by atomic mass is 9.73. The van der Waals surface area contributed by atoms with Crippen LogP contribution in [0.25, 0.3) is 5.69 Å². The van der Waals surface area contributed by atoms with Gasteiger partial charge in [0, 0.05) is 24.2 Å². The molecular weight excluding hydrogens is 574 g/mol. The molecule has 1 aliphatic carbocycles. The monoisotopic (exact) mass is 602 g/mol. The van der Waals surface area contributed by atoms with E-state index in [2.05, 4.69) is 34.9 Å². The van der Waals surface area contributed by atoms with Gasteiger partial charge in [-0.2, -0.15) is 9.97 Å². The number of rotatable bonds is 12. The molecule has 0 amide bonds. The first-order chi connectivity index (χ1) is 19.0. The van der Waals surface area contributed by atoms with Crippen LogP contribution in [-0.4, -0.2) is 75.1 Å². The third-order valence-electron chi connectivity index (χ3n) is 6.50. The highest BCUT2D eigenvalue weighted by atomic mass is 35.5. The summed E-state index contributed by atoms with van der Waals surface area (Å²) < 4.78 is 75.2. The zero-order chi connectivity index (χ0) is 29.2. The summed E-state index contributed by atoms with van der Waals surface area (Å²) in [7, 11) is -1.62. The van der Waals surface area contributed by atoms with E-state index >= 15 is 0 Å². The molecule has 0 saturated heterocycles. The van der Waals surface area contributed by atoms with Gasteiger partial charge in [-0.3, -0.25) is 9.29 Å². The summed E-state index contributed by atoms with van der Waals surface area (Å²) in [6, 6.07) is 0. The van der Waals surface area contributed by atoms with Crippen molar-refractivity contribution in [1.82, 2.24) is 34.7 Å². The van der Waals surface area contributed by atoms with Gasteiger partial charge in [0.15, 0.2) is 11.5 Å². The number of hydrogen-bond donors (Lipinski definition) is 1. The molecular formula is C23H29ClF2N8O5S. The minimum absolute atomic E-state index is 0.00935. The standard InChI is InChI=1S/C23H29ClF2N8O5S/c1-11(2)39-17(19-27-8-13(24)9-28-19)12(3)40(35,36)33-23-32-31-20(15-7-6-14(15)18(25)26)34(23)16-21(37-4)29-10-30-22(16)38-5/h8-12,14-15,17-18H,6-7H2,1-5H3,(H,32,33)/t12-,14+,15-,17+/m0/s1. The van der Waals surface area contributed by atoms with E-state index < -0.39 is 39.6 Å². The van der Waals surface area contributed by atoms with Crippen LogP contribution in [-0.2, 0) is 14.8 Å². The van der Waals surface area contributed by atoms with Gasteiger partial charge in [0.1, 0.15) is 23.5 Å². The second-order valence-corrected chi connectivity index (χ2v) is 11.8. The Morgan fingerprint density at radius 2 is 1.65 bits per heavy atom. The molecule has 1 fully saturated rings. The summed E-state index contributed by atoms with van der Waals surface area (Å²) in [5, 5.41) is 7.17. The number of halogens is 3. The van der Waals surface area contributed by atoms with E-state index in [-0.39, 0.29) is 52.6 Å². The second kappa shape index (κ2) is 12.1. The minimum Gasteiger partial charge on any atom is -0.479 e. The largest absolute Gasteiger partial charge is 0.479 e. The molecule has 0 radical (unpaired) electrons. The summed E-state index contributed by atoms with van der Waals surface area (Å²) in [6.07, 6.45) is 0.455. The molecule has 4 atom stereocenters. The van der Waals surface area contributed by atoms with Gasteiger partial charge in [-0.15, -0.1) is 10.2 Å². The molecule has 0 aliphatic heterocycles. The highest BCUT2D eigenvalue weighted by Gasteiger charge is 2.44. The van der Waals surface area contributed by atoms with E-state index in [0.29, 0.717) is 6.42 Å². The third-order valence-corrected chi connectivity index (χ3v) is 8.39. The Kier molecular flexibility index (Phi) is 8.99. The van der Waals surface area contributed by atoms with Gasteiger partial charge in [0.25, 0.3) is 0 Å². The molecule has 4 rings (SSSR count). The number of hydrogen-bond acceptors (Lipinski definition) is 11. The molecule has 1 N–H and O–H groups in total. The fourth-order valence-electron chi connectivity index (χ4n) is 4.34. The summed E-state index contributed by atoms with van der Waals surface area (Å²) >= 11 is 5.91. The van der Waals surface area contributed by atoms with E-state index in [0.717, 1.165) is 0 Å². The predicted octanol–water partition coefficient (Wildman–Crippen LogP) is 3.57. The zero-order valence-corrected chi connectivity index (χ0v) is 23.9. The van der Waals surface area contributed by atoms with Gasteiger partial charge < -0.3 is 14.2 Å². The van der Waals surface area contributed by atoms with Crippen LogP contribution < -0.4 is 14.2 Å². The lowest BCUT2D eigenvalue weighted by molar-refractivity contribution is 0.00153. The van der Waals surface area contributed by atoms with Gasteiger partial charge >= 0.3 is 0 Å². The number of nitrogens with zero attached hydrogens (tertiary/aromatic N) is 7. The minimum atomic E-state index is -4.30. The Labute approximate surface area is 234 Å². The highest BCUT2D eigenvalue weighted by molar-refractivity contribution is 7.93. The lowest BCUT2D eigenvalue weighted by Crippen LogP contribution is -2.35. The first-order valence-corrected chi connectivity index (χ1v) is 14.2. The van der Waals surface area contributed by atoms with Crippen molar-refractivity contribution >= 4 is 27.6 Å². The number of sulfonamides is 1. The van der Waals surface area contributed by atoms with Crippen LogP contribution in [0.3, 0.4) is 0 Å². The van der Waals surface area contributed by atoms with Crippen molar-refractivity contribution in [3.63, 3.8) is 0 Å². The van der Waals surface area contributed by atoms with Crippen LogP contribution >= 0.6 is 11.6 Å². The fraction of sp³-hybridized carbons (Fsp3) is 0.565. The molecule has 0 aromatic carbocycles. The number of methoxy groups -OCH3 is 2. The van der Waals surface area contributed by atoms with Crippen LogP contribution in [0.4, 0.5) is 14.7 Å². The van der Waals surface area contributed by atoms with Gasteiger partial charge in [-0.1, -0.05) is 11.6 Å². The Bertz CT molecular complexity index is 1400. The third kappa shape index (κ3) is 5.93. The van der Waals surface area contributed by atoms with E-state index in [9.17, 15) is 17.2 Å². The SMILES string of the molecule is COc1ncnc(OC)c1-n1c(NS(=O)(=O)[C@@H](C)[C@@H](OC(C)C)c2ncc(Cl)cn2)nnc1[C@H]1CC[C@H]1C(F)F. The maximum absolute atomic E-state index is 13.7. The van der Waals surface area contributed by atoms with Crippen molar-refractivity contribution in [3.05, 3.63) is 35.4 Å². The molecule has 0 spiro atoms. The summed E-state index contributed by atoms with van der Waals surface area (Å²) in [4.78, 5) is 16.4. The fourth-order valence-corrected chi connectivity index (χ4v) is 5.52. The molecule has 13 nitrogen and oxygen atoms in total. The molecule has 1 saturated carbocycles. The Morgan fingerprint density at radius 3 is 2.15 bits per heavy atom. The maximum Gasteiger partial charge on any atom is 0.245 e. The molecule has 218 valence electrons. The quantitative estimate of drug-likeness (QED) is 0.323. The van der Waals surface area contributed by atoms with Crippen molar-refractivity contribution < 1.29 is 31.4 Å². The van der Waals surface area contributed by atoms with Crippen molar-refractivity contribution in [2.75, 3.05) is 18.9 Å². The average Bonchev–Trinajstić information content (AvgIpc) is 3.26. The van der Waals surface area contributed by atoms with E-state index in [1.165, 1.54) is 44.4 Å². The topological polar surface area (TPSA) is 156 Å². The Hall–Kier alpha value is -3.24. The van der Waals surface area contributed by atoms with E-state index in [4.69, 9.17) is 25.8 Å². The molecule has 0 bridgehead atoms. The van der Waals surface area contributed by atoms with Crippen molar-refractivity contribution in [2.24, 2.45) is 5.92 Å². The Balaban J connectivity index is 1.80. The smallest absolute Gasteiger partial charge is 0.245 e. The molecule has 40 heavy (non-hydrogen) atoms. The van der Waals surface area contributed by atoms with Crippen LogP contribution in [0, 0.1) is 5.92 Å². The molecule has 3 aromatic heterocycles. The number of ether oxygens (including phenoxy) is 3. The second-order valence-electron chi connectivity index (χ2n) is 9.36. The van der Waals surface area contributed by atoms with Gasteiger partial charge in [-0.25, -0.2) is 27.2 Å². The van der Waals surface area contributed by atoms with Gasteiger partial charge in [0.2, 0.25) is 34.2 Å². The normalized spacial score (nSPS) is 18.9. The van der Waals surface area contributed by atoms with E-state index in [1.54, 1.807) is 13.8 Å². The van der Waals surface area contributed by atoms with Crippen LogP contribution in [0.5, 0.6) is 11.8 Å². The number of alkyl halides is 2. The average molecular weight is 603 g/mol. The first kappa shape index (κ1) is 29.7. The zero-order valence-electron chi connectivity index (χ0n) is 22.3. The molecule has 3 heterocycles. The van der Waals surface area contributed by atoms with Crippen LogP contribution in [0.15, 0.2) is 18.7 Å². The van der Waals surface area contributed by atoms with Crippen LogP contribution in [0.1, 0.15) is 57.3 Å². The molecule has 17 heteroatoms. The summed E-state index contributed by atoms with van der Waals surface area (Å²) in [5.74, 6) is -1.82. The lowest BCUT2D eigenvalue weighted by Gasteiger charge is -2.35. The number of nitrogens with one attached hydrogen (secondary N) is 1. The van der Waals surface area contributed by atoms with Gasteiger partial charge in [-0.05, 0) is 33.6 Å². The van der Waals surface area contributed by atoms with Crippen molar-refractivity contribution in [1.29, 1.82) is 0 Å². The van der Waals surface area contributed by atoms with E-state index in [1.807, 2.05) is 0 Å². The molecule has 3 aromatic rings. The first-order valence-electron chi connectivity index (χ1n) is 12.3. The summed E-state index contributed by atoms with van der Waals surface area (Å²) in [6.45, 7) is 4.90. The summed E-state index contributed by atoms with van der Waals surface area (Å²) in [5.41, 5.74) is 0.0498. The number of anilines is 1.